The zero-order chi connectivity index (χ0) is 18.2. The Morgan fingerprint density at radius 1 is 0.885 bits per heavy atom. The number of nitrogens with zero attached hydrogens (tertiary/aromatic N) is 2. The first-order valence-corrected chi connectivity index (χ1v) is 8.18. The summed E-state index contributed by atoms with van der Waals surface area (Å²) in [7, 11) is 0. The first-order chi connectivity index (χ1) is 12.8. The summed E-state index contributed by atoms with van der Waals surface area (Å²) < 4.78 is 11.7. The maximum Gasteiger partial charge on any atom is 0.185 e. The topological polar surface area (TPSA) is 75.4 Å². The molecule has 0 saturated carbocycles. The predicted octanol–water partition coefficient (Wildman–Crippen LogP) is 3.60. The van der Waals surface area contributed by atoms with Crippen LogP contribution in [0.5, 0.6) is 11.5 Å². The van der Waals surface area contributed by atoms with Gasteiger partial charge in [0.1, 0.15) is 30.7 Å². The van der Waals surface area contributed by atoms with E-state index in [0.29, 0.717) is 24.7 Å². The van der Waals surface area contributed by atoms with Crippen molar-refractivity contribution in [1.29, 1.82) is 5.26 Å². The molecule has 5 nitrogen and oxygen atoms in total. The minimum absolute atomic E-state index is 0.171. The summed E-state index contributed by atoms with van der Waals surface area (Å²) in [6, 6.07) is 22.9. The second kappa shape index (κ2) is 8.65. The molecule has 0 radical (unpaired) electrons. The van der Waals surface area contributed by atoms with Gasteiger partial charge in [-0.2, -0.15) is 5.26 Å². The van der Waals surface area contributed by atoms with E-state index in [4.69, 9.17) is 9.47 Å². The highest BCUT2D eigenvalue weighted by Crippen LogP contribution is 2.32. The van der Waals surface area contributed by atoms with E-state index in [0.717, 1.165) is 11.1 Å². The van der Waals surface area contributed by atoms with Crippen molar-refractivity contribution in [2.24, 2.45) is 0 Å². The lowest BCUT2D eigenvalue weighted by molar-refractivity contribution is 0.232. The summed E-state index contributed by atoms with van der Waals surface area (Å²) >= 11 is 0. The molecular formula is C21H18N2O3. The van der Waals surface area contributed by atoms with E-state index >= 15 is 0 Å². The number of pyridine rings is 1. The number of aromatic nitrogens is 1. The third kappa shape index (κ3) is 4.38. The predicted molar refractivity (Wildman–Crippen MR) is 96.4 cm³/mol. The van der Waals surface area contributed by atoms with Gasteiger partial charge in [0, 0.05) is 6.07 Å². The van der Waals surface area contributed by atoms with E-state index in [-0.39, 0.29) is 18.0 Å². The second-order valence-corrected chi connectivity index (χ2v) is 5.60. The van der Waals surface area contributed by atoms with E-state index < -0.39 is 0 Å². The van der Waals surface area contributed by atoms with Crippen LogP contribution < -0.4 is 9.47 Å². The summed E-state index contributed by atoms with van der Waals surface area (Å²) in [5.74, 6) is 0.742. The Morgan fingerprint density at radius 3 is 2.00 bits per heavy atom. The first-order valence-electron chi connectivity index (χ1n) is 8.18. The molecule has 0 saturated heterocycles. The molecule has 0 bridgehead atoms. The van der Waals surface area contributed by atoms with Crippen LogP contribution in [-0.2, 0) is 19.8 Å². The lowest BCUT2D eigenvalue weighted by atomic mass is 10.2. The van der Waals surface area contributed by atoms with Crippen molar-refractivity contribution in [2.45, 2.75) is 19.8 Å². The van der Waals surface area contributed by atoms with Crippen molar-refractivity contribution in [1.82, 2.24) is 4.98 Å². The molecule has 1 heterocycles. The van der Waals surface area contributed by atoms with Gasteiger partial charge in [-0.05, 0) is 11.1 Å². The normalized spacial score (nSPS) is 10.2. The molecule has 3 rings (SSSR count). The summed E-state index contributed by atoms with van der Waals surface area (Å²) in [4.78, 5) is 4.12. The fraction of sp³-hybridized carbons (Fsp3) is 0.143. The lowest BCUT2D eigenvalue weighted by Gasteiger charge is -2.16. The van der Waals surface area contributed by atoms with Crippen molar-refractivity contribution in [2.75, 3.05) is 0 Å². The molecular weight excluding hydrogens is 328 g/mol. The smallest absolute Gasteiger partial charge is 0.185 e. The van der Waals surface area contributed by atoms with Crippen LogP contribution in [-0.4, -0.2) is 10.1 Å². The lowest BCUT2D eigenvalue weighted by Crippen LogP contribution is -2.06. The van der Waals surface area contributed by atoms with Crippen molar-refractivity contribution >= 4 is 0 Å². The summed E-state index contributed by atoms with van der Waals surface area (Å²) in [6.07, 6.45) is 0. The highest BCUT2D eigenvalue weighted by Gasteiger charge is 2.16. The number of aliphatic hydroxyl groups is 1. The van der Waals surface area contributed by atoms with Crippen LogP contribution >= 0.6 is 0 Å². The van der Waals surface area contributed by atoms with E-state index in [1.165, 1.54) is 6.07 Å². The first kappa shape index (κ1) is 17.5. The van der Waals surface area contributed by atoms with Crippen LogP contribution in [0.15, 0.2) is 66.7 Å². The minimum Gasteiger partial charge on any atom is -0.485 e. The molecule has 1 N–H and O–H groups in total. The molecule has 26 heavy (non-hydrogen) atoms. The molecule has 3 aromatic rings. The Bertz CT molecular complexity index is 890. The van der Waals surface area contributed by atoms with E-state index in [1.807, 2.05) is 66.7 Å². The number of hydrogen-bond donors (Lipinski definition) is 1. The highest BCUT2D eigenvalue weighted by molar-refractivity contribution is 5.47. The Balaban J connectivity index is 1.86. The van der Waals surface area contributed by atoms with Gasteiger partial charge in [-0.15, -0.1) is 0 Å². The van der Waals surface area contributed by atoms with Gasteiger partial charge < -0.3 is 14.6 Å². The molecule has 0 amide bonds. The number of nitriles is 1. The summed E-state index contributed by atoms with van der Waals surface area (Å²) in [6.45, 7) is 0.284. The molecule has 0 aliphatic carbocycles. The van der Waals surface area contributed by atoms with E-state index in [9.17, 15) is 10.4 Å². The molecule has 1 aromatic heterocycles. The number of hydrogen-bond acceptors (Lipinski definition) is 5. The van der Waals surface area contributed by atoms with Crippen LogP contribution in [0.4, 0.5) is 0 Å². The monoisotopic (exact) mass is 346 g/mol. The maximum atomic E-state index is 9.64. The summed E-state index contributed by atoms with van der Waals surface area (Å²) in [5, 5.41) is 18.8. The van der Waals surface area contributed by atoms with Crippen LogP contribution in [0.3, 0.4) is 0 Å². The quantitative estimate of drug-likeness (QED) is 0.707. The average molecular weight is 346 g/mol. The largest absolute Gasteiger partial charge is 0.485 e. The van der Waals surface area contributed by atoms with Crippen molar-refractivity contribution in [3.63, 3.8) is 0 Å². The molecule has 0 fully saturated rings. The van der Waals surface area contributed by atoms with Crippen molar-refractivity contribution in [3.05, 3.63) is 89.2 Å². The molecule has 130 valence electrons. The maximum absolute atomic E-state index is 9.64. The van der Waals surface area contributed by atoms with Gasteiger partial charge in [-0.25, -0.2) is 4.98 Å². The van der Waals surface area contributed by atoms with Gasteiger partial charge in [0.05, 0.1) is 6.61 Å². The standard InChI is InChI=1S/C21H18N2O3/c22-12-18-11-20(25-14-16-7-3-1-4-8-16)21(19(13-24)23-18)26-15-17-9-5-2-6-10-17/h1-11,24H,13-15H2. The van der Waals surface area contributed by atoms with Gasteiger partial charge in [0.25, 0.3) is 0 Å². The Labute approximate surface area is 152 Å². The van der Waals surface area contributed by atoms with E-state index in [1.54, 1.807) is 0 Å². The van der Waals surface area contributed by atoms with Crippen LogP contribution in [0.2, 0.25) is 0 Å². The molecule has 0 aliphatic rings. The van der Waals surface area contributed by atoms with Crippen LogP contribution in [0.1, 0.15) is 22.5 Å². The molecule has 0 aliphatic heterocycles. The molecule has 0 atom stereocenters. The third-order valence-corrected chi connectivity index (χ3v) is 3.74. The van der Waals surface area contributed by atoms with Gasteiger partial charge >= 0.3 is 0 Å². The van der Waals surface area contributed by atoms with Crippen LogP contribution in [0, 0.1) is 11.3 Å². The third-order valence-electron chi connectivity index (χ3n) is 3.74. The minimum atomic E-state index is -0.346. The SMILES string of the molecule is N#Cc1cc(OCc2ccccc2)c(OCc2ccccc2)c(CO)n1. The summed E-state index contributed by atoms with van der Waals surface area (Å²) in [5.41, 5.74) is 2.42. The zero-order valence-corrected chi connectivity index (χ0v) is 14.1. The number of aliphatic hydroxyl groups excluding tert-OH is 1. The number of ether oxygens (including phenoxy) is 2. The Kier molecular flexibility index (Phi) is 5.81. The Morgan fingerprint density at radius 2 is 1.46 bits per heavy atom. The number of rotatable bonds is 7. The zero-order valence-electron chi connectivity index (χ0n) is 14.1. The van der Waals surface area contributed by atoms with Crippen LogP contribution in [0.25, 0.3) is 0 Å². The molecule has 0 unspecified atom stereocenters. The Hall–Kier alpha value is -3.36. The fourth-order valence-corrected chi connectivity index (χ4v) is 2.45. The average Bonchev–Trinajstić information content (AvgIpc) is 2.72. The number of benzene rings is 2. The fourth-order valence-electron chi connectivity index (χ4n) is 2.45. The van der Waals surface area contributed by atoms with Gasteiger partial charge in [0.15, 0.2) is 11.5 Å². The highest BCUT2D eigenvalue weighted by atomic mass is 16.5. The van der Waals surface area contributed by atoms with Gasteiger partial charge in [0.2, 0.25) is 0 Å². The molecule has 5 heteroatoms. The molecule has 2 aromatic carbocycles. The van der Waals surface area contributed by atoms with Gasteiger partial charge in [-0.3, -0.25) is 0 Å². The van der Waals surface area contributed by atoms with Crippen molar-refractivity contribution < 1.29 is 14.6 Å². The van der Waals surface area contributed by atoms with Gasteiger partial charge in [-0.1, -0.05) is 60.7 Å². The van der Waals surface area contributed by atoms with E-state index in [2.05, 4.69) is 4.98 Å². The molecule has 0 spiro atoms. The second-order valence-electron chi connectivity index (χ2n) is 5.60. The van der Waals surface area contributed by atoms with Crippen molar-refractivity contribution in [3.8, 4) is 17.6 Å².